The number of aromatic nitrogens is 3. The van der Waals surface area contributed by atoms with Crippen LogP contribution in [0.25, 0.3) is 16.3 Å². The molecule has 1 aromatic carbocycles. The van der Waals surface area contributed by atoms with E-state index < -0.39 is 7.12 Å². The second-order valence-electron chi connectivity index (χ2n) is 3.56. The summed E-state index contributed by atoms with van der Waals surface area (Å²) in [5.74, 6) is 0. The van der Waals surface area contributed by atoms with Crippen molar-refractivity contribution < 1.29 is 10.0 Å². The topological polar surface area (TPSA) is 70.7 Å². The monoisotopic (exact) mass is 213 g/mol. The highest BCUT2D eigenvalue weighted by molar-refractivity contribution is 6.58. The zero-order valence-electron chi connectivity index (χ0n) is 8.28. The number of benzene rings is 1. The van der Waals surface area contributed by atoms with Gasteiger partial charge in [0.05, 0.1) is 17.3 Å². The van der Waals surface area contributed by atoms with Crippen LogP contribution in [0.1, 0.15) is 0 Å². The molecule has 5 nitrogen and oxygen atoms in total. The summed E-state index contributed by atoms with van der Waals surface area (Å²) in [6.45, 7) is 0. The summed E-state index contributed by atoms with van der Waals surface area (Å²) in [5.41, 5.74) is 1.08. The molecule has 0 fully saturated rings. The molecule has 3 aromatic rings. The lowest BCUT2D eigenvalue weighted by molar-refractivity contribution is 0.423. The second kappa shape index (κ2) is 3.29. The average Bonchev–Trinajstić information content (AvgIpc) is 2.76. The van der Waals surface area contributed by atoms with Crippen molar-refractivity contribution in [2.24, 2.45) is 0 Å². The van der Waals surface area contributed by atoms with Crippen LogP contribution < -0.4 is 5.59 Å². The van der Waals surface area contributed by atoms with E-state index in [1.807, 2.05) is 24.3 Å². The Labute approximate surface area is 91.1 Å². The average molecular weight is 213 g/mol. The molecule has 6 heteroatoms. The van der Waals surface area contributed by atoms with Crippen molar-refractivity contribution in [3.05, 3.63) is 36.5 Å². The Hall–Kier alpha value is -1.92. The van der Waals surface area contributed by atoms with Crippen LogP contribution in [0, 0.1) is 0 Å². The first-order valence-corrected chi connectivity index (χ1v) is 4.85. The largest absolute Gasteiger partial charge is 0.508 e. The lowest BCUT2D eigenvalue weighted by Crippen LogP contribution is -2.36. The smallest absolute Gasteiger partial charge is 0.422 e. The van der Waals surface area contributed by atoms with Crippen molar-refractivity contribution >= 4 is 29.0 Å². The summed E-state index contributed by atoms with van der Waals surface area (Å²) in [4.78, 5) is 0. The molecule has 3 rings (SSSR count). The Bertz CT molecular complexity index is 665. The SMILES string of the molecule is OB(O)c1cc2ccccc2c2cnnn12. The van der Waals surface area contributed by atoms with Crippen LogP contribution in [-0.2, 0) is 0 Å². The van der Waals surface area contributed by atoms with Gasteiger partial charge in [0.15, 0.2) is 0 Å². The third-order valence-corrected chi connectivity index (χ3v) is 2.60. The Morgan fingerprint density at radius 2 is 2.00 bits per heavy atom. The Balaban J connectivity index is 2.53. The number of fused-ring (bicyclic) bond motifs is 3. The van der Waals surface area contributed by atoms with Gasteiger partial charge in [0.1, 0.15) is 0 Å². The Morgan fingerprint density at radius 3 is 2.81 bits per heavy atom. The minimum absolute atomic E-state index is 0.311. The van der Waals surface area contributed by atoms with Crippen LogP contribution in [0.2, 0.25) is 0 Å². The Kier molecular flexibility index (Phi) is 1.92. The quantitative estimate of drug-likeness (QED) is 0.537. The van der Waals surface area contributed by atoms with Crippen molar-refractivity contribution in [3.63, 3.8) is 0 Å². The van der Waals surface area contributed by atoms with E-state index in [0.717, 1.165) is 16.3 Å². The standard InChI is InChI=1S/C10H8BN3O2/c15-11(16)10-5-7-3-1-2-4-8(7)9-6-12-13-14(9)10/h1-6,15-16H. The fourth-order valence-corrected chi connectivity index (χ4v) is 1.87. The molecule has 78 valence electrons. The molecule has 0 aliphatic carbocycles. The van der Waals surface area contributed by atoms with E-state index in [1.165, 1.54) is 4.52 Å². The highest BCUT2D eigenvalue weighted by Gasteiger charge is 2.17. The summed E-state index contributed by atoms with van der Waals surface area (Å²) in [5, 5.41) is 28.1. The first-order valence-electron chi connectivity index (χ1n) is 4.85. The Morgan fingerprint density at radius 1 is 1.19 bits per heavy atom. The van der Waals surface area contributed by atoms with Gasteiger partial charge in [-0.05, 0) is 11.5 Å². The van der Waals surface area contributed by atoms with Gasteiger partial charge in [0.25, 0.3) is 0 Å². The number of rotatable bonds is 1. The van der Waals surface area contributed by atoms with Gasteiger partial charge < -0.3 is 10.0 Å². The first kappa shape index (κ1) is 9.32. The minimum Gasteiger partial charge on any atom is -0.422 e. The zero-order valence-corrected chi connectivity index (χ0v) is 8.28. The van der Waals surface area contributed by atoms with E-state index >= 15 is 0 Å². The van der Waals surface area contributed by atoms with Gasteiger partial charge in [-0.25, -0.2) is 4.52 Å². The molecule has 2 aromatic heterocycles. The predicted molar refractivity (Wildman–Crippen MR) is 60.3 cm³/mol. The molecular weight excluding hydrogens is 205 g/mol. The lowest BCUT2D eigenvalue weighted by atomic mass is 9.84. The van der Waals surface area contributed by atoms with Gasteiger partial charge >= 0.3 is 7.12 Å². The maximum Gasteiger partial charge on any atom is 0.508 e. The number of hydrogen-bond acceptors (Lipinski definition) is 4. The molecule has 0 bridgehead atoms. The van der Waals surface area contributed by atoms with Crippen LogP contribution in [0.5, 0.6) is 0 Å². The number of hydrogen-bond donors (Lipinski definition) is 2. The van der Waals surface area contributed by atoms with Crippen LogP contribution >= 0.6 is 0 Å². The molecule has 2 N–H and O–H groups in total. The second-order valence-corrected chi connectivity index (χ2v) is 3.56. The van der Waals surface area contributed by atoms with E-state index in [2.05, 4.69) is 10.3 Å². The fourth-order valence-electron chi connectivity index (χ4n) is 1.87. The van der Waals surface area contributed by atoms with E-state index in [9.17, 15) is 10.0 Å². The molecule has 0 aliphatic rings. The van der Waals surface area contributed by atoms with E-state index in [1.54, 1.807) is 12.3 Å². The van der Waals surface area contributed by atoms with Crippen molar-refractivity contribution in [3.8, 4) is 0 Å². The van der Waals surface area contributed by atoms with Gasteiger partial charge in [-0.15, -0.1) is 5.10 Å². The molecule has 0 amide bonds. The molecule has 0 saturated carbocycles. The van der Waals surface area contributed by atoms with Gasteiger partial charge in [-0.1, -0.05) is 29.5 Å². The number of pyridine rings is 1. The molecule has 0 unspecified atom stereocenters. The summed E-state index contributed by atoms with van der Waals surface area (Å²) >= 11 is 0. The third-order valence-electron chi connectivity index (χ3n) is 2.60. The summed E-state index contributed by atoms with van der Waals surface area (Å²) in [6, 6.07) is 9.37. The lowest BCUT2D eigenvalue weighted by Gasteiger charge is -2.06. The normalized spacial score (nSPS) is 11.1. The van der Waals surface area contributed by atoms with Crippen LogP contribution in [0.4, 0.5) is 0 Å². The molecular formula is C10H8BN3O2. The fraction of sp³-hybridized carbons (Fsp3) is 0. The van der Waals surface area contributed by atoms with Crippen molar-refractivity contribution in [1.29, 1.82) is 0 Å². The van der Waals surface area contributed by atoms with Gasteiger partial charge in [-0.2, -0.15) is 0 Å². The predicted octanol–water partition coefficient (Wildman–Crippen LogP) is -0.438. The molecule has 0 saturated heterocycles. The maximum absolute atomic E-state index is 9.27. The molecule has 0 radical (unpaired) electrons. The summed E-state index contributed by atoms with van der Waals surface area (Å²) in [7, 11) is -1.56. The molecule has 2 heterocycles. The van der Waals surface area contributed by atoms with E-state index in [-0.39, 0.29) is 0 Å². The van der Waals surface area contributed by atoms with Crippen molar-refractivity contribution in [2.75, 3.05) is 0 Å². The van der Waals surface area contributed by atoms with Crippen molar-refractivity contribution in [2.45, 2.75) is 0 Å². The summed E-state index contributed by atoms with van der Waals surface area (Å²) in [6.07, 6.45) is 1.61. The molecule has 0 aliphatic heterocycles. The first-order chi connectivity index (χ1) is 7.77. The molecule has 16 heavy (non-hydrogen) atoms. The molecule has 0 atom stereocenters. The van der Waals surface area contributed by atoms with Crippen LogP contribution in [0.15, 0.2) is 36.5 Å². The van der Waals surface area contributed by atoms with Crippen LogP contribution in [-0.4, -0.2) is 32.0 Å². The zero-order chi connectivity index (χ0) is 11.1. The maximum atomic E-state index is 9.27. The van der Waals surface area contributed by atoms with E-state index in [0.29, 0.717) is 5.59 Å². The van der Waals surface area contributed by atoms with Gasteiger partial charge in [0.2, 0.25) is 0 Å². The van der Waals surface area contributed by atoms with Crippen molar-refractivity contribution in [1.82, 2.24) is 14.8 Å². The molecule has 0 spiro atoms. The van der Waals surface area contributed by atoms with Gasteiger partial charge in [-0.3, -0.25) is 0 Å². The van der Waals surface area contributed by atoms with E-state index in [4.69, 9.17) is 0 Å². The van der Waals surface area contributed by atoms with Crippen LogP contribution in [0.3, 0.4) is 0 Å². The summed E-state index contributed by atoms with van der Waals surface area (Å²) < 4.78 is 1.44. The minimum atomic E-state index is -1.56. The number of nitrogens with zero attached hydrogens (tertiary/aromatic N) is 3. The van der Waals surface area contributed by atoms with Gasteiger partial charge in [0, 0.05) is 5.39 Å². The highest BCUT2D eigenvalue weighted by atomic mass is 16.4. The highest BCUT2D eigenvalue weighted by Crippen LogP contribution is 2.17. The third kappa shape index (κ3) is 1.21.